The second kappa shape index (κ2) is 5.01. The minimum Gasteiger partial charge on any atom is -0.258 e. The summed E-state index contributed by atoms with van der Waals surface area (Å²) >= 11 is 1.50. The maximum atomic E-state index is 11.1. The van der Waals surface area contributed by atoms with Gasteiger partial charge in [0.25, 0.3) is 5.69 Å². The van der Waals surface area contributed by atoms with Crippen molar-refractivity contribution < 1.29 is 4.92 Å². The standard InChI is InChI=1S/C13H11NO2S/c1-17-11-7-8-12(13(9-11)14(15)16)10-5-3-2-4-6-10/h2-9H,1H3. The zero-order valence-corrected chi connectivity index (χ0v) is 10.1. The predicted molar refractivity (Wildman–Crippen MR) is 70.3 cm³/mol. The molecule has 2 aromatic carbocycles. The van der Waals surface area contributed by atoms with E-state index in [1.807, 2.05) is 42.7 Å². The summed E-state index contributed by atoms with van der Waals surface area (Å²) in [7, 11) is 0. The molecule has 0 bridgehead atoms. The van der Waals surface area contributed by atoms with E-state index in [1.165, 1.54) is 11.8 Å². The van der Waals surface area contributed by atoms with Gasteiger partial charge in [0.15, 0.2) is 0 Å². The van der Waals surface area contributed by atoms with Crippen molar-refractivity contribution >= 4 is 17.4 Å². The molecule has 2 rings (SSSR count). The van der Waals surface area contributed by atoms with Gasteiger partial charge in [0, 0.05) is 11.0 Å². The Morgan fingerprint density at radius 1 is 1.12 bits per heavy atom. The average Bonchev–Trinajstić information content (AvgIpc) is 2.39. The van der Waals surface area contributed by atoms with E-state index in [9.17, 15) is 10.1 Å². The van der Waals surface area contributed by atoms with Crippen LogP contribution in [-0.4, -0.2) is 11.2 Å². The molecule has 0 aliphatic rings. The first kappa shape index (κ1) is 11.7. The van der Waals surface area contributed by atoms with Crippen LogP contribution in [0.5, 0.6) is 0 Å². The summed E-state index contributed by atoms with van der Waals surface area (Å²) in [5, 5.41) is 11.1. The highest BCUT2D eigenvalue weighted by atomic mass is 32.2. The van der Waals surface area contributed by atoms with Crippen LogP contribution < -0.4 is 0 Å². The predicted octanol–water partition coefficient (Wildman–Crippen LogP) is 3.98. The number of thioether (sulfide) groups is 1. The van der Waals surface area contributed by atoms with Gasteiger partial charge in [-0.1, -0.05) is 30.3 Å². The van der Waals surface area contributed by atoms with Crippen molar-refractivity contribution in [2.45, 2.75) is 4.90 Å². The molecule has 0 spiro atoms. The first-order chi connectivity index (χ1) is 8.22. The number of nitrogens with zero attached hydrogens (tertiary/aromatic N) is 1. The Balaban J connectivity index is 2.58. The minimum absolute atomic E-state index is 0.156. The van der Waals surface area contributed by atoms with Crippen molar-refractivity contribution in [1.29, 1.82) is 0 Å². The number of nitro groups is 1. The number of hydrogen-bond donors (Lipinski definition) is 0. The largest absolute Gasteiger partial charge is 0.278 e. The highest BCUT2D eigenvalue weighted by Crippen LogP contribution is 2.32. The van der Waals surface area contributed by atoms with Gasteiger partial charge >= 0.3 is 0 Å². The van der Waals surface area contributed by atoms with E-state index in [1.54, 1.807) is 12.1 Å². The SMILES string of the molecule is CSc1ccc(-c2ccccc2)c([N+](=O)[O-])c1. The van der Waals surface area contributed by atoms with Crippen LogP contribution in [0.1, 0.15) is 0 Å². The Bertz CT molecular complexity index is 540. The van der Waals surface area contributed by atoms with Crippen molar-refractivity contribution in [2.75, 3.05) is 6.26 Å². The molecule has 2 aromatic rings. The van der Waals surface area contributed by atoms with E-state index >= 15 is 0 Å². The molecule has 0 saturated heterocycles. The van der Waals surface area contributed by atoms with Crippen molar-refractivity contribution in [3.63, 3.8) is 0 Å². The fraction of sp³-hybridized carbons (Fsp3) is 0.0769. The van der Waals surface area contributed by atoms with E-state index in [-0.39, 0.29) is 10.6 Å². The highest BCUT2D eigenvalue weighted by Gasteiger charge is 2.15. The Morgan fingerprint density at radius 2 is 1.82 bits per heavy atom. The lowest BCUT2D eigenvalue weighted by molar-refractivity contribution is -0.384. The lowest BCUT2D eigenvalue weighted by atomic mass is 10.0. The van der Waals surface area contributed by atoms with Gasteiger partial charge in [-0.2, -0.15) is 0 Å². The van der Waals surface area contributed by atoms with E-state index < -0.39 is 0 Å². The molecule has 0 fully saturated rings. The van der Waals surface area contributed by atoms with Gasteiger partial charge < -0.3 is 0 Å². The van der Waals surface area contributed by atoms with Gasteiger partial charge in [-0.05, 0) is 24.0 Å². The lowest BCUT2D eigenvalue weighted by Crippen LogP contribution is -1.92. The smallest absolute Gasteiger partial charge is 0.258 e. The third-order valence-electron chi connectivity index (χ3n) is 2.49. The molecule has 3 nitrogen and oxygen atoms in total. The van der Waals surface area contributed by atoms with Crippen LogP contribution in [0.4, 0.5) is 5.69 Å². The topological polar surface area (TPSA) is 43.1 Å². The molecular weight excluding hydrogens is 234 g/mol. The van der Waals surface area contributed by atoms with Crippen LogP contribution in [0.3, 0.4) is 0 Å². The van der Waals surface area contributed by atoms with E-state index in [0.29, 0.717) is 5.56 Å². The average molecular weight is 245 g/mol. The fourth-order valence-corrected chi connectivity index (χ4v) is 2.08. The first-order valence-electron chi connectivity index (χ1n) is 5.10. The maximum Gasteiger partial charge on any atom is 0.278 e. The second-order valence-corrected chi connectivity index (χ2v) is 4.39. The number of nitro benzene ring substituents is 1. The zero-order chi connectivity index (χ0) is 12.3. The third kappa shape index (κ3) is 2.47. The van der Waals surface area contributed by atoms with Crippen LogP contribution in [0.15, 0.2) is 53.4 Å². The normalized spacial score (nSPS) is 10.2. The van der Waals surface area contributed by atoms with Gasteiger partial charge in [-0.3, -0.25) is 10.1 Å². The second-order valence-electron chi connectivity index (χ2n) is 3.51. The molecular formula is C13H11NO2S. The number of rotatable bonds is 3. The van der Waals surface area contributed by atoms with Gasteiger partial charge in [-0.15, -0.1) is 11.8 Å². The molecule has 0 saturated carbocycles. The Labute approximate surface area is 104 Å². The molecule has 0 N–H and O–H groups in total. The summed E-state index contributed by atoms with van der Waals surface area (Å²) in [4.78, 5) is 11.6. The molecule has 17 heavy (non-hydrogen) atoms. The lowest BCUT2D eigenvalue weighted by Gasteiger charge is -2.04. The molecule has 0 atom stereocenters. The van der Waals surface area contributed by atoms with Gasteiger partial charge in [0.05, 0.1) is 10.5 Å². The molecule has 4 heteroatoms. The van der Waals surface area contributed by atoms with Crippen molar-refractivity contribution in [3.05, 3.63) is 58.6 Å². The summed E-state index contributed by atoms with van der Waals surface area (Å²) in [6.45, 7) is 0. The minimum atomic E-state index is -0.331. The first-order valence-corrected chi connectivity index (χ1v) is 6.32. The van der Waals surface area contributed by atoms with Crippen LogP contribution >= 0.6 is 11.8 Å². The maximum absolute atomic E-state index is 11.1. The summed E-state index contributed by atoms with van der Waals surface area (Å²) in [6, 6.07) is 14.7. The van der Waals surface area contributed by atoms with Crippen molar-refractivity contribution in [2.24, 2.45) is 0 Å². The highest BCUT2D eigenvalue weighted by molar-refractivity contribution is 7.98. The summed E-state index contributed by atoms with van der Waals surface area (Å²) in [5.41, 5.74) is 1.68. The number of benzene rings is 2. The quantitative estimate of drug-likeness (QED) is 0.466. The molecule has 86 valence electrons. The van der Waals surface area contributed by atoms with Crippen molar-refractivity contribution in [3.8, 4) is 11.1 Å². The van der Waals surface area contributed by atoms with Crippen LogP contribution in [0.25, 0.3) is 11.1 Å². The van der Waals surface area contributed by atoms with Crippen LogP contribution in [0.2, 0.25) is 0 Å². The Morgan fingerprint density at radius 3 is 2.41 bits per heavy atom. The number of hydrogen-bond acceptors (Lipinski definition) is 3. The molecule has 0 aliphatic carbocycles. The molecule has 0 unspecified atom stereocenters. The van der Waals surface area contributed by atoms with Gasteiger partial charge in [0.1, 0.15) is 0 Å². The monoisotopic (exact) mass is 245 g/mol. The molecule has 0 radical (unpaired) electrons. The fourth-order valence-electron chi connectivity index (χ4n) is 1.65. The molecule has 0 aliphatic heterocycles. The van der Waals surface area contributed by atoms with E-state index in [2.05, 4.69) is 0 Å². The Kier molecular flexibility index (Phi) is 3.44. The van der Waals surface area contributed by atoms with Crippen LogP contribution in [-0.2, 0) is 0 Å². The summed E-state index contributed by atoms with van der Waals surface area (Å²) in [6.07, 6.45) is 1.90. The zero-order valence-electron chi connectivity index (χ0n) is 9.29. The summed E-state index contributed by atoms with van der Waals surface area (Å²) in [5.74, 6) is 0. The summed E-state index contributed by atoms with van der Waals surface area (Å²) < 4.78 is 0. The van der Waals surface area contributed by atoms with Gasteiger partial charge in [-0.25, -0.2) is 0 Å². The third-order valence-corrected chi connectivity index (χ3v) is 3.21. The van der Waals surface area contributed by atoms with E-state index in [0.717, 1.165) is 10.5 Å². The van der Waals surface area contributed by atoms with Gasteiger partial charge in [0.2, 0.25) is 0 Å². The Hall–Kier alpha value is -1.81. The van der Waals surface area contributed by atoms with Crippen molar-refractivity contribution in [1.82, 2.24) is 0 Å². The van der Waals surface area contributed by atoms with Crippen LogP contribution in [0, 0.1) is 10.1 Å². The molecule has 0 aromatic heterocycles. The van der Waals surface area contributed by atoms with E-state index in [4.69, 9.17) is 0 Å². The molecule has 0 heterocycles. The molecule has 0 amide bonds.